The van der Waals surface area contributed by atoms with Crippen molar-refractivity contribution < 1.29 is 9.21 Å². The van der Waals surface area contributed by atoms with Gasteiger partial charge in [-0.1, -0.05) is 0 Å². The fraction of sp³-hybridized carbons (Fsp3) is 0.167. The van der Waals surface area contributed by atoms with Gasteiger partial charge < -0.3 is 9.73 Å². The first kappa shape index (κ1) is 10.4. The third-order valence-corrected chi connectivity index (χ3v) is 2.12. The summed E-state index contributed by atoms with van der Waals surface area (Å²) in [5.41, 5.74) is 0.927. The standard InChI is InChI=1S/C12H12N2O2/c1-9(15)14-8-11-4-5-12(16-11)10-3-2-6-13-7-10/h2-7H,8H2,1H3,(H,14,15). The molecule has 0 aliphatic rings. The molecule has 0 spiro atoms. The van der Waals surface area contributed by atoms with Crippen LogP contribution in [0, 0.1) is 0 Å². The first-order valence-corrected chi connectivity index (χ1v) is 4.99. The van der Waals surface area contributed by atoms with Gasteiger partial charge in [0.25, 0.3) is 0 Å². The van der Waals surface area contributed by atoms with Gasteiger partial charge in [0.15, 0.2) is 0 Å². The number of hydrogen-bond donors (Lipinski definition) is 1. The van der Waals surface area contributed by atoms with Gasteiger partial charge in [0.1, 0.15) is 11.5 Å². The van der Waals surface area contributed by atoms with Crippen molar-refractivity contribution in [3.63, 3.8) is 0 Å². The molecule has 0 radical (unpaired) electrons. The normalized spacial score (nSPS) is 10.1. The molecule has 0 unspecified atom stereocenters. The van der Waals surface area contributed by atoms with E-state index in [0.717, 1.165) is 17.1 Å². The lowest BCUT2D eigenvalue weighted by Crippen LogP contribution is -2.18. The number of carbonyl (C=O) groups excluding carboxylic acids is 1. The second kappa shape index (κ2) is 4.61. The number of amides is 1. The number of nitrogens with one attached hydrogen (secondary N) is 1. The molecule has 1 amide bonds. The zero-order valence-electron chi connectivity index (χ0n) is 8.93. The van der Waals surface area contributed by atoms with Gasteiger partial charge in [-0.2, -0.15) is 0 Å². The third-order valence-electron chi connectivity index (χ3n) is 2.12. The minimum Gasteiger partial charge on any atom is -0.459 e. The Morgan fingerprint density at radius 3 is 3.00 bits per heavy atom. The summed E-state index contributed by atoms with van der Waals surface area (Å²) in [4.78, 5) is 14.7. The molecule has 0 aromatic carbocycles. The average molecular weight is 216 g/mol. The third kappa shape index (κ3) is 2.48. The van der Waals surface area contributed by atoms with Crippen LogP contribution in [0.15, 0.2) is 41.1 Å². The Labute approximate surface area is 93.3 Å². The van der Waals surface area contributed by atoms with Gasteiger partial charge in [0.2, 0.25) is 5.91 Å². The highest BCUT2D eigenvalue weighted by Crippen LogP contribution is 2.20. The minimum absolute atomic E-state index is 0.0701. The van der Waals surface area contributed by atoms with Crippen molar-refractivity contribution in [3.05, 3.63) is 42.4 Å². The van der Waals surface area contributed by atoms with Crippen LogP contribution in [0.2, 0.25) is 0 Å². The van der Waals surface area contributed by atoms with E-state index in [4.69, 9.17) is 4.42 Å². The first-order valence-electron chi connectivity index (χ1n) is 4.99. The quantitative estimate of drug-likeness (QED) is 0.853. The lowest BCUT2D eigenvalue weighted by Gasteiger charge is -1.98. The van der Waals surface area contributed by atoms with Crippen LogP contribution in [0.1, 0.15) is 12.7 Å². The average Bonchev–Trinajstić information content (AvgIpc) is 2.76. The zero-order valence-corrected chi connectivity index (χ0v) is 8.93. The molecular weight excluding hydrogens is 204 g/mol. The number of hydrogen-bond acceptors (Lipinski definition) is 3. The Bertz CT molecular complexity index is 477. The zero-order chi connectivity index (χ0) is 11.4. The highest BCUT2D eigenvalue weighted by molar-refractivity contribution is 5.72. The largest absolute Gasteiger partial charge is 0.459 e. The van der Waals surface area contributed by atoms with Crippen molar-refractivity contribution >= 4 is 5.91 Å². The Hall–Kier alpha value is -2.10. The second-order valence-corrected chi connectivity index (χ2v) is 3.42. The van der Waals surface area contributed by atoms with E-state index in [1.54, 1.807) is 12.4 Å². The fourth-order valence-electron chi connectivity index (χ4n) is 1.35. The maximum absolute atomic E-state index is 10.7. The SMILES string of the molecule is CC(=O)NCc1ccc(-c2cccnc2)o1. The van der Waals surface area contributed by atoms with Crippen molar-refractivity contribution in [1.82, 2.24) is 10.3 Å². The van der Waals surface area contributed by atoms with Crippen LogP contribution < -0.4 is 5.32 Å². The Balaban J connectivity index is 2.11. The molecule has 2 aromatic heterocycles. The number of pyridine rings is 1. The summed E-state index contributed by atoms with van der Waals surface area (Å²) >= 11 is 0. The molecule has 0 aliphatic carbocycles. The van der Waals surface area contributed by atoms with Gasteiger partial charge in [-0.25, -0.2) is 0 Å². The van der Waals surface area contributed by atoms with Crippen LogP contribution in [-0.2, 0) is 11.3 Å². The summed E-state index contributed by atoms with van der Waals surface area (Å²) in [6.07, 6.45) is 3.45. The van der Waals surface area contributed by atoms with Crippen LogP contribution in [-0.4, -0.2) is 10.9 Å². The van der Waals surface area contributed by atoms with E-state index in [1.807, 2.05) is 24.3 Å². The minimum atomic E-state index is -0.0701. The lowest BCUT2D eigenvalue weighted by molar-refractivity contribution is -0.119. The van der Waals surface area contributed by atoms with Crippen molar-refractivity contribution in [2.45, 2.75) is 13.5 Å². The van der Waals surface area contributed by atoms with E-state index in [9.17, 15) is 4.79 Å². The molecule has 2 rings (SSSR count). The van der Waals surface area contributed by atoms with E-state index >= 15 is 0 Å². The summed E-state index contributed by atoms with van der Waals surface area (Å²) in [5, 5.41) is 2.68. The molecule has 0 bridgehead atoms. The van der Waals surface area contributed by atoms with Crippen LogP contribution >= 0.6 is 0 Å². The molecule has 0 saturated carbocycles. The topological polar surface area (TPSA) is 55.1 Å². The van der Waals surface area contributed by atoms with Crippen LogP contribution in [0.4, 0.5) is 0 Å². The van der Waals surface area contributed by atoms with Crippen molar-refractivity contribution in [2.24, 2.45) is 0 Å². The van der Waals surface area contributed by atoms with E-state index in [2.05, 4.69) is 10.3 Å². The van der Waals surface area contributed by atoms with E-state index < -0.39 is 0 Å². The smallest absolute Gasteiger partial charge is 0.217 e. The van der Waals surface area contributed by atoms with Crippen LogP contribution in [0.5, 0.6) is 0 Å². The molecule has 1 N–H and O–H groups in total. The maximum atomic E-state index is 10.7. The van der Waals surface area contributed by atoms with Gasteiger partial charge in [-0.3, -0.25) is 9.78 Å². The molecule has 0 fully saturated rings. The van der Waals surface area contributed by atoms with Gasteiger partial charge in [-0.05, 0) is 24.3 Å². The molecule has 82 valence electrons. The molecule has 2 aromatic rings. The maximum Gasteiger partial charge on any atom is 0.217 e. The Morgan fingerprint density at radius 1 is 1.44 bits per heavy atom. The number of nitrogens with zero attached hydrogens (tertiary/aromatic N) is 1. The predicted molar refractivity (Wildman–Crippen MR) is 59.5 cm³/mol. The molecule has 4 heteroatoms. The van der Waals surface area contributed by atoms with Gasteiger partial charge >= 0.3 is 0 Å². The number of rotatable bonds is 3. The first-order chi connectivity index (χ1) is 7.75. The lowest BCUT2D eigenvalue weighted by atomic mass is 10.2. The molecule has 16 heavy (non-hydrogen) atoms. The number of furan rings is 1. The summed E-state index contributed by atoms with van der Waals surface area (Å²) in [5.74, 6) is 1.42. The highest BCUT2D eigenvalue weighted by atomic mass is 16.3. The van der Waals surface area contributed by atoms with E-state index in [0.29, 0.717) is 6.54 Å². The number of aromatic nitrogens is 1. The van der Waals surface area contributed by atoms with Crippen molar-refractivity contribution in [3.8, 4) is 11.3 Å². The summed E-state index contributed by atoms with van der Waals surface area (Å²) in [7, 11) is 0. The van der Waals surface area contributed by atoms with Gasteiger partial charge in [0.05, 0.1) is 6.54 Å². The summed E-state index contributed by atoms with van der Waals surface area (Å²) in [6, 6.07) is 7.49. The molecule has 0 atom stereocenters. The van der Waals surface area contributed by atoms with E-state index in [1.165, 1.54) is 6.92 Å². The fourth-order valence-corrected chi connectivity index (χ4v) is 1.35. The Morgan fingerprint density at radius 2 is 2.31 bits per heavy atom. The Kier molecular flexibility index (Phi) is 3.00. The predicted octanol–water partition coefficient (Wildman–Crippen LogP) is 1.98. The highest BCUT2D eigenvalue weighted by Gasteiger charge is 2.04. The monoisotopic (exact) mass is 216 g/mol. The molecule has 2 heterocycles. The van der Waals surface area contributed by atoms with Crippen LogP contribution in [0.3, 0.4) is 0 Å². The van der Waals surface area contributed by atoms with Gasteiger partial charge in [0, 0.05) is 24.9 Å². The second-order valence-electron chi connectivity index (χ2n) is 3.42. The number of carbonyl (C=O) groups is 1. The molecule has 0 aliphatic heterocycles. The van der Waals surface area contributed by atoms with Gasteiger partial charge in [-0.15, -0.1) is 0 Å². The summed E-state index contributed by atoms with van der Waals surface area (Å²) in [6.45, 7) is 1.89. The molecular formula is C12H12N2O2. The van der Waals surface area contributed by atoms with Crippen LogP contribution in [0.25, 0.3) is 11.3 Å². The van der Waals surface area contributed by atoms with Crippen molar-refractivity contribution in [2.75, 3.05) is 0 Å². The molecule has 0 saturated heterocycles. The molecule has 4 nitrogen and oxygen atoms in total. The van der Waals surface area contributed by atoms with E-state index in [-0.39, 0.29) is 5.91 Å². The summed E-state index contributed by atoms with van der Waals surface area (Å²) < 4.78 is 5.57. The van der Waals surface area contributed by atoms with Crippen molar-refractivity contribution in [1.29, 1.82) is 0 Å².